The van der Waals surface area contributed by atoms with E-state index in [-0.39, 0.29) is 5.82 Å². The lowest BCUT2D eigenvalue weighted by molar-refractivity contribution is 0.630. The standard InChI is InChI=1S/C18H18FN7/c19-14-4-1-2-5-15(14)23-17-20-9-6-16(24-17)25-10-12-26(13-11-25)18-21-7-3-8-22-18/h1-9H,10-13H2,(H,20,23,24). The molecule has 0 amide bonds. The summed E-state index contributed by atoms with van der Waals surface area (Å²) in [5.74, 6) is 1.60. The lowest BCUT2D eigenvalue weighted by atomic mass is 10.3. The van der Waals surface area contributed by atoms with E-state index in [9.17, 15) is 4.39 Å². The van der Waals surface area contributed by atoms with Crippen molar-refractivity contribution in [2.75, 3.05) is 41.3 Å². The van der Waals surface area contributed by atoms with Crippen molar-refractivity contribution in [1.29, 1.82) is 0 Å². The van der Waals surface area contributed by atoms with Crippen molar-refractivity contribution in [3.05, 3.63) is 60.8 Å². The van der Waals surface area contributed by atoms with Gasteiger partial charge in [-0.05, 0) is 24.3 Å². The first-order chi connectivity index (χ1) is 12.8. The quantitative estimate of drug-likeness (QED) is 0.774. The lowest BCUT2D eigenvalue weighted by Gasteiger charge is -2.35. The summed E-state index contributed by atoms with van der Waals surface area (Å²) in [4.78, 5) is 21.6. The smallest absolute Gasteiger partial charge is 0.229 e. The van der Waals surface area contributed by atoms with Gasteiger partial charge in [0.1, 0.15) is 11.6 Å². The molecule has 0 bridgehead atoms. The molecule has 4 rings (SSSR count). The molecule has 1 aliphatic rings. The Balaban J connectivity index is 1.44. The van der Waals surface area contributed by atoms with Crippen LogP contribution in [0.25, 0.3) is 0 Å². The monoisotopic (exact) mass is 351 g/mol. The number of rotatable bonds is 4. The highest BCUT2D eigenvalue weighted by molar-refractivity contribution is 5.55. The van der Waals surface area contributed by atoms with E-state index in [1.54, 1.807) is 36.8 Å². The van der Waals surface area contributed by atoms with Gasteiger partial charge in [0.2, 0.25) is 11.9 Å². The number of hydrogen-bond acceptors (Lipinski definition) is 7. The average Bonchev–Trinajstić information content (AvgIpc) is 2.71. The Hall–Kier alpha value is -3.29. The molecule has 3 heterocycles. The van der Waals surface area contributed by atoms with Crippen molar-refractivity contribution in [3.8, 4) is 0 Å². The Morgan fingerprint density at radius 2 is 1.54 bits per heavy atom. The van der Waals surface area contributed by atoms with Crippen molar-refractivity contribution < 1.29 is 4.39 Å². The Morgan fingerprint density at radius 3 is 2.31 bits per heavy atom. The second kappa shape index (κ2) is 7.30. The fourth-order valence-corrected chi connectivity index (χ4v) is 2.86. The number of aromatic nitrogens is 4. The van der Waals surface area contributed by atoms with E-state index in [2.05, 4.69) is 35.1 Å². The van der Waals surface area contributed by atoms with Crippen molar-refractivity contribution in [1.82, 2.24) is 19.9 Å². The number of benzene rings is 1. The van der Waals surface area contributed by atoms with Gasteiger partial charge in [-0.2, -0.15) is 4.98 Å². The minimum absolute atomic E-state index is 0.335. The van der Waals surface area contributed by atoms with Gasteiger partial charge in [0.25, 0.3) is 0 Å². The molecule has 26 heavy (non-hydrogen) atoms. The van der Waals surface area contributed by atoms with E-state index in [0.717, 1.165) is 37.9 Å². The minimum Gasteiger partial charge on any atom is -0.353 e. The zero-order valence-corrected chi connectivity index (χ0v) is 14.1. The Labute approximate surface area is 150 Å². The zero-order valence-electron chi connectivity index (χ0n) is 14.1. The Bertz CT molecular complexity index is 866. The van der Waals surface area contributed by atoms with Gasteiger partial charge in [-0.15, -0.1) is 0 Å². The number of para-hydroxylation sites is 1. The molecule has 0 radical (unpaired) electrons. The highest BCUT2D eigenvalue weighted by Crippen LogP contribution is 2.20. The molecule has 1 aromatic carbocycles. The van der Waals surface area contributed by atoms with E-state index < -0.39 is 0 Å². The normalized spacial score (nSPS) is 14.3. The molecule has 3 aromatic rings. The van der Waals surface area contributed by atoms with E-state index >= 15 is 0 Å². The van der Waals surface area contributed by atoms with Crippen LogP contribution in [0.5, 0.6) is 0 Å². The largest absolute Gasteiger partial charge is 0.353 e. The molecule has 8 heteroatoms. The molecule has 0 aliphatic carbocycles. The molecule has 2 aromatic heterocycles. The van der Waals surface area contributed by atoms with Crippen LogP contribution in [-0.4, -0.2) is 46.1 Å². The fraction of sp³-hybridized carbons (Fsp3) is 0.222. The van der Waals surface area contributed by atoms with Crippen LogP contribution in [-0.2, 0) is 0 Å². The third-order valence-electron chi connectivity index (χ3n) is 4.20. The van der Waals surface area contributed by atoms with Crippen LogP contribution >= 0.6 is 0 Å². The van der Waals surface area contributed by atoms with Gasteiger partial charge in [-0.25, -0.2) is 19.3 Å². The van der Waals surface area contributed by atoms with Gasteiger partial charge in [0.05, 0.1) is 5.69 Å². The van der Waals surface area contributed by atoms with E-state index in [4.69, 9.17) is 0 Å². The predicted octanol–water partition coefficient (Wildman–Crippen LogP) is 2.48. The van der Waals surface area contributed by atoms with Crippen LogP contribution in [0.4, 0.5) is 27.8 Å². The molecule has 132 valence electrons. The molecule has 0 saturated carbocycles. The second-order valence-electron chi connectivity index (χ2n) is 5.87. The third kappa shape index (κ3) is 3.53. The maximum Gasteiger partial charge on any atom is 0.229 e. The summed E-state index contributed by atoms with van der Waals surface area (Å²) in [6, 6.07) is 10.1. The molecular weight excluding hydrogens is 333 g/mol. The molecule has 1 saturated heterocycles. The lowest BCUT2D eigenvalue weighted by Crippen LogP contribution is -2.47. The van der Waals surface area contributed by atoms with Crippen LogP contribution in [0.3, 0.4) is 0 Å². The summed E-state index contributed by atoms with van der Waals surface area (Å²) in [5, 5.41) is 2.93. The van der Waals surface area contributed by atoms with E-state index in [0.29, 0.717) is 11.6 Å². The molecular formula is C18H18FN7. The minimum atomic E-state index is -0.335. The van der Waals surface area contributed by atoms with Crippen molar-refractivity contribution in [3.63, 3.8) is 0 Å². The third-order valence-corrected chi connectivity index (χ3v) is 4.20. The van der Waals surface area contributed by atoms with Crippen LogP contribution in [0.1, 0.15) is 0 Å². The molecule has 0 atom stereocenters. The SMILES string of the molecule is Fc1ccccc1Nc1nccc(N2CCN(c3ncccn3)CC2)n1. The summed E-state index contributed by atoms with van der Waals surface area (Å²) in [7, 11) is 0. The van der Waals surface area contributed by atoms with Gasteiger partial charge >= 0.3 is 0 Å². The highest BCUT2D eigenvalue weighted by Gasteiger charge is 2.20. The van der Waals surface area contributed by atoms with Crippen LogP contribution in [0.2, 0.25) is 0 Å². The Kier molecular flexibility index (Phi) is 4.55. The zero-order chi connectivity index (χ0) is 17.8. The predicted molar refractivity (Wildman–Crippen MR) is 98.2 cm³/mol. The first kappa shape index (κ1) is 16.2. The van der Waals surface area contributed by atoms with E-state index in [1.165, 1.54) is 6.07 Å². The fourth-order valence-electron chi connectivity index (χ4n) is 2.86. The number of nitrogens with one attached hydrogen (secondary N) is 1. The molecule has 0 spiro atoms. The van der Waals surface area contributed by atoms with Crippen molar-refractivity contribution in [2.45, 2.75) is 0 Å². The molecule has 7 nitrogen and oxygen atoms in total. The van der Waals surface area contributed by atoms with Crippen molar-refractivity contribution >= 4 is 23.4 Å². The van der Waals surface area contributed by atoms with Crippen LogP contribution < -0.4 is 15.1 Å². The summed E-state index contributed by atoms with van der Waals surface area (Å²) in [5.41, 5.74) is 0.357. The summed E-state index contributed by atoms with van der Waals surface area (Å²) >= 11 is 0. The van der Waals surface area contributed by atoms with Gasteiger partial charge < -0.3 is 15.1 Å². The van der Waals surface area contributed by atoms with Crippen molar-refractivity contribution in [2.24, 2.45) is 0 Å². The summed E-state index contributed by atoms with van der Waals surface area (Å²) in [6.07, 6.45) is 5.18. The maximum absolute atomic E-state index is 13.8. The van der Waals surface area contributed by atoms with Gasteiger partial charge in [0, 0.05) is 44.8 Å². The van der Waals surface area contributed by atoms with Gasteiger partial charge in [-0.3, -0.25) is 0 Å². The van der Waals surface area contributed by atoms with Crippen LogP contribution in [0, 0.1) is 5.82 Å². The number of anilines is 4. The topological polar surface area (TPSA) is 70.1 Å². The van der Waals surface area contributed by atoms with Crippen LogP contribution in [0.15, 0.2) is 55.0 Å². The molecule has 1 N–H and O–H groups in total. The first-order valence-electron chi connectivity index (χ1n) is 8.41. The Morgan fingerprint density at radius 1 is 0.808 bits per heavy atom. The molecule has 1 aliphatic heterocycles. The number of hydrogen-bond donors (Lipinski definition) is 1. The average molecular weight is 351 g/mol. The summed E-state index contributed by atoms with van der Waals surface area (Å²) in [6.45, 7) is 3.22. The first-order valence-corrected chi connectivity index (χ1v) is 8.41. The number of halogens is 1. The maximum atomic E-state index is 13.8. The highest BCUT2D eigenvalue weighted by atomic mass is 19.1. The number of nitrogens with zero attached hydrogens (tertiary/aromatic N) is 6. The molecule has 0 unspecified atom stereocenters. The number of piperazine rings is 1. The van der Waals surface area contributed by atoms with Gasteiger partial charge in [-0.1, -0.05) is 12.1 Å². The summed E-state index contributed by atoms with van der Waals surface area (Å²) < 4.78 is 13.8. The molecule has 1 fully saturated rings. The second-order valence-corrected chi connectivity index (χ2v) is 5.87. The van der Waals surface area contributed by atoms with E-state index in [1.807, 2.05) is 12.1 Å². The van der Waals surface area contributed by atoms with Gasteiger partial charge in [0.15, 0.2) is 0 Å².